The van der Waals surface area contributed by atoms with Crippen LogP contribution in [0.5, 0.6) is 0 Å². The van der Waals surface area contributed by atoms with Crippen LogP contribution in [0.1, 0.15) is 57.1 Å². The van der Waals surface area contributed by atoms with Crippen molar-refractivity contribution < 1.29 is 4.79 Å². The van der Waals surface area contributed by atoms with Crippen LogP contribution in [0.15, 0.2) is 18.3 Å². The number of nitrogens with zero attached hydrogens (tertiary/aromatic N) is 1. The van der Waals surface area contributed by atoms with Crippen LogP contribution in [-0.4, -0.2) is 22.6 Å². The minimum absolute atomic E-state index is 0.0505. The summed E-state index contributed by atoms with van der Waals surface area (Å²) in [6.45, 7) is 8.73. The summed E-state index contributed by atoms with van der Waals surface area (Å²) in [5, 5.41) is 2.94. The summed E-state index contributed by atoms with van der Waals surface area (Å²) >= 11 is 0. The number of hydrogen-bond acceptors (Lipinski definition) is 2. The van der Waals surface area contributed by atoms with Crippen LogP contribution in [0.2, 0.25) is 0 Å². The first-order valence-electron chi connectivity index (χ1n) is 6.67. The minimum atomic E-state index is -0.301. The van der Waals surface area contributed by atoms with Gasteiger partial charge in [0.2, 0.25) is 0 Å². The lowest BCUT2D eigenvalue weighted by Gasteiger charge is -2.27. The van der Waals surface area contributed by atoms with Crippen molar-refractivity contribution in [1.29, 1.82) is 0 Å². The Labute approximate surface area is 110 Å². The van der Waals surface area contributed by atoms with Gasteiger partial charge in [-0.15, -0.1) is 0 Å². The Morgan fingerprint density at radius 1 is 1.44 bits per heavy atom. The quantitative estimate of drug-likeness (QED) is 0.815. The van der Waals surface area contributed by atoms with Crippen LogP contribution in [0.3, 0.4) is 0 Å². The smallest absolute Gasteiger partial charge is 0.267 e. The molecule has 0 spiro atoms. The Morgan fingerprint density at radius 3 is 2.56 bits per heavy atom. The van der Waals surface area contributed by atoms with E-state index in [1.165, 1.54) is 0 Å². The number of rotatable bonds is 6. The fourth-order valence-corrected chi connectivity index (χ4v) is 1.88. The number of aromatic nitrogens is 1. The second-order valence-corrected chi connectivity index (χ2v) is 5.15. The first-order chi connectivity index (χ1) is 8.43. The summed E-state index contributed by atoms with van der Waals surface area (Å²) in [6.07, 6.45) is 3.64. The van der Waals surface area contributed by atoms with Gasteiger partial charge in [0.1, 0.15) is 5.69 Å². The van der Waals surface area contributed by atoms with E-state index in [1.807, 2.05) is 36.7 Å². The maximum absolute atomic E-state index is 12.1. The molecule has 3 N–H and O–H groups in total. The van der Waals surface area contributed by atoms with Crippen molar-refractivity contribution in [3.8, 4) is 0 Å². The average Bonchev–Trinajstić information content (AvgIpc) is 2.85. The van der Waals surface area contributed by atoms with E-state index in [0.29, 0.717) is 12.2 Å². The first-order valence-corrected chi connectivity index (χ1v) is 6.67. The molecule has 1 amide bonds. The van der Waals surface area contributed by atoms with Gasteiger partial charge in [0, 0.05) is 24.3 Å². The molecule has 4 heteroatoms. The van der Waals surface area contributed by atoms with Crippen LogP contribution in [0.25, 0.3) is 0 Å². The predicted molar refractivity (Wildman–Crippen MR) is 74.7 cm³/mol. The van der Waals surface area contributed by atoms with E-state index >= 15 is 0 Å². The third-order valence-corrected chi connectivity index (χ3v) is 3.58. The third kappa shape index (κ3) is 3.35. The van der Waals surface area contributed by atoms with Crippen molar-refractivity contribution >= 4 is 5.91 Å². The molecular formula is C14H25N3O. The van der Waals surface area contributed by atoms with Crippen molar-refractivity contribution in [2.45, 2.75) is 52.1 Å². The van der Waals surface area contributed by atoms with Crippen molar-refractivity contribution in [1.82, 2.24) is 9.88 Å². The van der Waals surface area contributed by atoms with Crippen molar-refractivity contribution in [2.75, 3.05) is 6.54 Å². The normalized spacial score (nSPS) is 11.9. The highest BCUT2D eigenvalue weighted by Crippen LogP contribution is 2.12. The fourth-order valence-electron chi connectivity index (χ4n) is 1.88. The standard InChI is InChI=1S/C14H25N3O/c1-5-14(15,6-2)10-16-13(18)12-8-7-9-17(12)11(3)4/h7-9,11H,5-6,10,15H2,1-4H3,(H,16,18). The summed E-state index contributed by atoms with van der Waals surface area (Å²) in [5.41, 5.74) is 6.57. The molecule has 0 aliphatic rings. The van der Waals surface area contributed by atoms with E-state index in [4.69, 9.17) is 5.73 Å². The molecule has 0 saturated heterocycles. The molecule has 102 valence electrons. The number of nitrogens with one attached hydrogen (secondary N) is 1. The van der Waals surface area contributed by atoms with Gasteiger partial charge in [-0.25, -0.2) is 0 Å². The van der Waals surface area contributed by atoms with Crippen molar-refractivity contribution in [2.24, 2.45) is 5.73 Å². The molecule has 1 rings (SSSR count). The first kappa shape index (κ1) is 14.8. The fraction of sp³-hybridized carbons (Fsp3) is 0.643. The highest BCUT2D eigenvalue weighted by atomic mass is 16.1. The Balaban J connectivity index is 2.69. The number of carbonyl (C=O) groups is 1. The lowest BCUT2D eigenvalue weighted by Crippen LogP contribution is -2.49. The van der Waals surface area contributed by atoms with Gasteiger partial charge in [-0.3, -0.25) is 4.79 Å². The number of amides is 1. The lowest BCUT2D eigenvalue weighted by atomic mass is 9.94. The summed E-state index contributed by atoms with van der Waals surface area (Å²) in [4.78, 5) is 12.1. The molecular weight excluding hydrogens is 226 g/mol. The van der Waals surface area contributed by atoms with E-state index in [9.17, 15) is 4.79 Å². The molecule has 0 aliphatic carbocycles. The molecule has 18 heavy (non-hydrogen) atoms. The summed E-state index contributed by atoms with van der Waals surface area (Å²) in [5.74, 6) is -0.0505. The van der Waals surface area contributed by atoms with Crippen LogP contribution < -0.4 is 11.1 Å². The molecule has 0 fully saturated rings. The molecule has 0 aliphatic heterocycles. The molecule has 4 nitrogen and oxygen atoms in total. The SMILES string of the molecule is CCC(N)(CC)CNC(=O)c1cccn1C(C)C. The second-order valence-electron chi connectivity index (χ2n) is 5.15. The molecule has 0 bridgehead atoms. The minimum Gasteiger partial charge on any atom is -0.349 e. The second kappa shape index (κ2) is 6.05. The van der Waals surface area contributed by atoms with Crippen LogP contribution in [0, 0.1) is 0 Å². The van der Waals surface area contributed by atoms with E-state index in [2.05, 4.69) is 19.2 Å². The monoisotopic (exact) mass is 251 g/mol. The molecule has 0 atom stereocenters. The molecule has 0 aromatic carbocycles. The van der Waals surface area contributed by atoms with Crippen LogP contribution in [0.4, 0.5) is 0 Å². The Morgan fingerprint density at radius 2 is 2.06 bits per heavy atom. The zero-order chi connectivity index (χ0) is 13.8. The van der Waals surface area contributed by atoms with Gasteiger partial charge in [-0.2, -0.15) is 0 Å². The van der Waals surface area contributed by atoms with Gasteiger partial charge in [0.05, 0.1) is 0 Å². The van der Waals surface area contributed by atoms with E-state index in [-0.39, 0.29) is 17.5 Å². The number of hydrogen-bond donors (Lipinski definition) is 2. The predicted octanol–water partition coefficient (Wildman–Crippen LogP) is 2.32. The van der Waals surface area contributed by atoms with Gasteiger partial charge < -0.3 is 15.6 Å². The summed E-state index contributed by atoms with van der Waals surface area (Å²) < 4.78 is 1.96. The highest BCUT2D eigenvalue weighted by molar-refractivity contribution is 5.92. The number of carbonyl (C=O) groups excluding carboxylic acids is 1. The highest BCUT2D eigenvalue weighted by Gasteiger charge is 2.22. The molecule has 1 heterocycles. The van der Waals surface area contributed by atoms with Gasteiger partial charge in [-0.1, -0.05) is 13.8 Å². The average molecular weight is 251 g/mol. The largest absolute Gasteiger partial charge is 0.349 e. The maximum atomic E-state index is 12.1. The summed E-state index contributed by atoms with van der Waals surface area (Å²) in [7, 11) is 0. The Bertz CT molecular complexity index is 391. The molecule has 0 radical (unpaired) electrons. The van der Waals surface area contributed by atoms with E-state index in [0.717, 1.165) is 12.8 Å². The topological polar surface area (TPSA) is 60.0 Å². The Kier molecular flexibility index (Phi) is 4.96. The van der Waals surface area contributed by atoms with Gasteiger partial charge in [-0.05, 0) is 38.8 Å². The van der Waals surface area contributed by atoms with E-state index in [1.54, 1.807) is 0 Å². The third-order valence-electron chi connectivity index (χ3n) is 3.58. The molecule has 0 unspecified atom stereocenters. The molecule has 1 aromatic rings. The van der Waals surface area contributed by atoms with E-state index < -0.39 is 0 Å². The van der Waals surface area contributed by atoms with Crippen molar-refractivity contribution in [3.05, 3.63) is 24.0 Å². The zero-order valence-electron chi connectivity index (χ0n) is 11.9. The number of nitrogens with two attached hydrogens (primary N) is 1. The molecule has 0 saturated carbocycles. The Hall–Kier alpha value is -1.29. The van der Waals surface area contributed by atoms with Gasteiger partial charge >= 0.3 is 0 Å². The van der Waals surface area contributed by atoms with Crippen molar-refractivity contribution in [3.63, 3.8) is 0 Å². The lowest BCUT2D eigenvalue weighted by molar-refractivity contribution is 0.0931. The summed E-state index contributed by atoms with van der Waals surface area (Å²) in [6, 6.07) is 4.01. The van der Waals surface area contributed by atoms with Gasteiger partial charge in [0.15, 0.2) is 0 Å². The maximum Gasteiger partial charge on any atom is 0.267 e. The van der Waals surface area contributed by atoms with Gasteiger partial charge in [0.25, 0.3) is 5.91 Å². The van der Waals surface area contributed by atoms with Crippen LogP contribution in [-0.2, 0) is 0 Å². The zero-order valence-corrected chi connectivity index (χ0v) is 11.9. The molecule has 1 aromatic heterocycles. The van der Waals surface area contributed by atoms with Crippen LogP contribution >= 0.6 is 0 Å².